The molecule has 1 aromatic carbocycles. The van der Waals surface area contributed by atoms with Crippen molar-refractivity contribution in [3.63, 3.8) is 0 Å². The molecule has 3 heterocycles. The maximum Gasteiger partial charge on any atom is 0.225 e. The number of hydrogen-bond acceptors (Lipinski definition) is 4. The van der Waals surface area contributed by atoms with Gasteiger partial charge < -0.3 is 10.6 Å². The number of rotatable bonds is 5. The first-order chi connectivity index (χ1) is 12.7. The maximum absolute atomic E-state index is 12.7. The number of aromatic nitrogens is 3. The molecular weight excluding hydrogens is 397 g/mol. The third kappa shape index (κ3) is 4.63. The standard InChI is InChI=1S/C20H23N5O.2ClH/c1-25-13-16(10-24-25)17-11-21-12-18(17)20(26)23-9-7-15-5-2-4-14-6-3-8-22-19(14)15;;/h2-6,8,10,13,17-18,21H,7,9,11-12H2,1H3,(H,23,26);2*1H/t17-,18+;;/m1../s1. The minimum Gasteiger partial charge on any atom is -0.355 e. The summed E-state index contributed by atoms with van der Waals surface area (Å²) in [5.41, 5.74) is 3.30. The number of para-hydroxylation sites is 1. The summed E-state index contributed by atoms with van der Waals surface area (Å²) in [6.07, 6.45) is 6.45. The van der Waals surface area contributed by atoms with E-state index in [1.54, 1.807) is 4.68 Å². The van der Waals surface area contributed by atoms with Crippen molar-refractivity contribution < 1.29 is 4.79 Å². The highest BCUT2D eigenvalue weighted by Crippen LogP contribution is 2.27. The predicted molar refractivity (Wildman–Crippen MR) is 115 cm³/mol. The van der Waals surface area contributed by atoms with E-state index in [1.165, 1.54) is 0 Å². The zero-order valence-corrected chi connectivity index (χ0v) is 17.3. The summed E-state index contributed by atoms with van der Waals surface area (Å²) in [7, 11) is 1.90. The highest BCUT2D eigenvalue weighted by molar-refractivity contribution is 5.85. The van der Waals surface area contributed by atoms with Gasteiger partial charge in [0.2, 0.25) is 5.91 Å². The van der Waals surface area contributed by atoms with Crippen LogP contribution in [0.25, 0.3) is 10.9 Å². The van der Waals surface area contributed by atoms with Gasteiger partial charge in [-0.15, -0.1) is 24.8 Å². The lowest BCUT2D eigenvalue weighted by Crippen LogP contribution is -2.35. The Kier molecular flexibility index (Phi) is 7.80. The number of benzene rings is 1. The van der Waals surface area contributed by atoms with Gasteiger partial charge in [0.05, 0.1) is 17.6 Å². The van der Waals surface area contributed by atoms with E-state index in [9.17, 15) is 4.79 Å². The van der Waals surface area contributed by atoms with Gasteiger partial charge >= 0.3 is 0 Å². The Labute approximate surface area is 176 Å². The van der Waals surface area contributed by atoms with Gasteiger partial charge in [-0.3, -0.25) is 14.5 Å². The number of fused-ring (bicyclic) bond motifs is 1. The highest BCUT2D eigenvalue weighted by Gasteiger charge is 2.34. The number of aryl methyl sites for hydroxylation is 1. The van der Waals surface area contributed by atoms with Gasteiger partial charge in [0.25, 0.3) is 0 Å². The van der Waals surface area contributed by atoms with Crippen LogP contribution in [0, 0.1) is 5.92 Å². The van der Waals surface area contributed by atoms with Crippen LogP contribution in [0.1, 0.15) is 17.0 Å². The molecule has 2 N–H and O–H groups in total. The largest absolute Gasteiger partial charge is 0.355 e. The lowest BCUT2D eigenvalue weighted by molar-refractivity contribution is -0.124. The van der Waals surface area contributed by atoms with Crippen molar-refractivity contribution in [3.8, 4) is 0 Å². The van der Waals surface area contributed by atoms with E-state index >= 15 is 0 Å². The van der Waals surface area contributed by atoms with Crippen LogP contribution in [0.2, 0.25) is 0 Å². The first-order valence-electron chi connectivity index (χ1n) is 9.02. The molecule has 0 radical (unpaired) electrons. The van der Waals surface area contributed by atoms with E-state index in [-0.39, 0.29) is 42.6 Å². The van der Waals surface area contributed by atoms with Crippen molar-refractivity contribution in [2.24, 2.45) is 13.0 Å². The third-order valence-electron chi connectivity index (χ3n) is 5.11. The molecule has 2 atom stereocenters. The Morgan fingerprint density at radius 2 is 2.07 bits per heavy atom. The molecule has 6 nitrogen and oxygen atoms in total. The number of nitrogens with zero attached hydrogens (tertiary/aromatic N) is 3. The first kappa shape index (κ1) is 22.1. The molecule has 1 amide bonds. The molecule has 1 fully saturated rings. The minimum atomic E-state index is -0.0511. The van der Waals surface area contributed by atoms with Crippen LogP contribution in [-0.2, 0) is 18.3 Å². The van der Waals surface area contributed by atoms with Crippen molar-refractivity contribution in [1.82, 2.24) is 25.4 Å². The van der Waals surface area contributed by atoms with Crippen LogP contribution in [-0.4, -0.2) is 40.3 Å². The molecule has 150 valence electrons. The number of halogens is 2. The molecule has 2 aromatic heterocycles. The van der Waals surface area contributed by atoms with E-state index in [4.69, 9.17) is 0 Å². The number of hydrogen-bond donors (Lipinski definition) is 2. The van der Waals surface area contributed by atoms with Crippen molar-refractivity contribution >= 4 is 41.6 Å². The van der Waals surface area contributed by atoms with Gasteiger partial charge in [-0.25, -0.2) is 0 Å². The summed E-state index contributed by atoms with van der Waals surface area (Å²) in [5, 5.41) is 11.8. The number of carbonyl (C=O) groups excluding carboxylic acids is 1. The molecule has 0 aliphatic carbocycles. The summed E-state index contributed by atoms with van der Waals surface area (Å²) >= 11 is 0. The van der Waals surface area contributed by atoms with Crippen LogP contribution in [0.4, 0.5) is 0 Å². The monoisotopic (exact) mass is 421 g/mol. The van der Waals surface area contributed by atoms with E-state index < -0.39 is 0 Å². The van der Waals surface area contributed by atoms with Crippen LogP contribution in [0.3, 0.4) is 0 Å². The van der Waals surface area contributed by atoms with Crippen molar-refractivity contribution in [2.75, 3.05) is 19.6 Å². The van der Waals surface area contributed by atoms with Gasteiger partial charge in [0, 0.05) is 50.4 Å². The Morgan fingerprint density at radius 1 is 1.25 bits per heavy atom. The molecule has 1 aliphatic rings. The summed E-state index contributed by atoms with van der Waals surface area (Å²) in [4.78, 5) is 17.2. The fraction of sp³-hybridized carbons (Fsp3) is 0.350. The third-order valence-corrected chi connectivity index (χ3v) is 5.11. The quantitative estimate of drug-likeness (QED) is 0.663. The lowest BCUT2D eigenvalue weighted by Gasteiger charge is -2.17. The SMILES string of the molecule is Cl.Cl.Cn1cc([C@H]2CNC[C@@H]2C(=O)NCCc2cccc3cccnc23)cn1. The van der Waals surface area contributed by atoms with Gasteiger partial charge in [-0.2, -0.15) is 5.10 Å². The first-order valence-corrected chi connectivity index (χ1v) is 9.02. The van der Waals surface area contributed by atoms with E-state index in [1.807, 2.05) is 37.8 Å². The van der Waals surface area contributed by atoms with E-state index in [0.29, 0.717) is 13.1 Å². The van der Waals surface area contributed by atoms with E-state index in [0.717, 1.165) is 35.0 Å². The van der Waals surface area contributed by atoms with Crippen molar-refractivity contribution in [3.05, 3.63) is 60.0 Å². The molecule has 28 heavy (non-hydrogen) atoms. The lowest BCUT2D eigenvalue weighted by atomic mass is 9.90. The molecule has 0 unspecified atom stereocenters. The Morgan fingerprint density at radius 3 is 2.86 bits per heavy atom. The van der Waals surface area contributed by atoms with Gasteiger partial charge in [-0.05, 0) is 23.6 Å². The summed E-state index contributed by atoms with van der Waals surface area (Å²) < 4.78 is 1.79. The second kappa shape index (κ2) is 9.87. The molecule has 1 aliphatic heterocycles. The molecule has 0 bridgehead atoms. The van der Waals surface area contributed by atoms with Crippen molar-refractivity contribution in [1.29, 1.82) is 0 Å². The van der Waals surface area contributed by atoms with Crippen LogP contribution in [0.5, 0.6) is 0 Å². The molecule has 1 saturated heterocycles. The Bertz CT molecular complexity index is 924. The smallest absolute Gasteiger partial charge is 0.225 e. The highest BCUT2D eigenvalue weighted by atomic mass is 35.5. The zero-order valence-electron chi connectivity index (χ0n) is 15.7. The van der Waals surface area contributed by atoms with Gasteiger partial charge in [0.1, 0.15) is 0 Å². The number of carbonyl (C=O) groups is 1. The second-order valence-corrected chi connectivity index (χ2v) is 6.85. The van der Waals surface area contributed by atoms with Crippen LogP contribution in [0.15, 0.2) is 48.9 Å². The summed E-state index contributed by atoms with van der Waals surface area (Å²) in [6.45, 7) is 2.14. The Hall–Kier alpha value is -2.15. The maximum atomic E-state index is 12.7. The zero-order chi connectivity index (χ0) is 17.9. The normalized spacial score (nSPS) is 18.3. The molecule has 8 heteroatoms. The molecule has 4 rings (SSSR count). The van der Waals surface area contributed by atoms with Crippen LogP contribution < -0.4 is 10.6 Å². The molecule has 3 aromatic rings. The molecular formula is C20H25Cl2N5O. The average molecular weight is 422 g/mol. The van der Waals surface area contributed by atoms with Crippen molar-refractivity contribution in [2.45, 2.75) is 12.3 Å². The molecule has 0 saturated carbocycles. The molecule has 0 spiro atoms. The summed E-state index contributed by atoms with van der Waals surface area (Å²) in [5.74, 6) is 0.241. The Balaban J connectivity index is 0.00000140. The van der Waals surface area contributed by atoms with Gasteiger partial charge in [-0.1, -0.05) is 24.3 Å². The second-order valence-electron chi connectivity index (χ2n) is 6.85. The fourth-order valence-corrected chi connectivity index (χ4v) is 3.76. The number of amides is 1. The fourth-order valence-electron chi connectivity index (χ4n) is 3.76. The number of nitrogens with one attached hydrogen (secondary N) is 2. The topological polar surface area (TPSA) is 71.8 Å². The minimum absolute atomic E-state index is 0. The van der Waals surface area contributed by atoms with E-state index in [2.05, 4.69) is 38.9 Å². The summed E-state index contributed by atoms with van der Waals surface area (Å²) in [6, 6.07) is 10.2. The van der Waals surface area contributed by atoms with Gasteiger partial charge in [0.15, 0.2) is 0 Å². The van der Waals surface area contributed by atoms with Crippen LogP contribution >= 0.6 is 24.8 Å². The predicted octanol–water partition coefficient (Wildman–Crippen LogP) is 2.47. The number of pyridine rings is 1. The average Bonchev–Trinajstić information content (AvgIpc) is 3.30.